The van der Waals surface area contributed by atoms with Crippen LogP contribution in [0.3, 0.4) is 0 Å². The largest absolute Gasteiger partial charge is 0.493 e. The molecule has 3 rings (SSSR count). The Morgan fingerprint density at radius 1 is 1.22 bits per heavy atom. The van der Waals surface area contributed by atoms with Gasteiger partial charge >= 0.3 is 0 Å². The van der Waals surface area contributed by atoms with Crippen molar-refractivity contribution in [3.63, 3.8) is 0 Å². The summed E-state index contributed by atoms with van der Waals surface area (Å²) in [4.78, 5) is 2.22. The van der Waals surface area contributed by atoms with Crippen LogP contribution in [0.2, 0.25) is 0 Å². The van der Waals surface area contributed by atoms with Crippen LogP contribution in [0.25, 0.3) is 17.0 Å². The number of aromatic nitrogens is 2. The Morgan fingerprint density at radius 3 is 2.65 bits per heavy atom. The van der Waals surface area contributed by atoms with Gasteiger partial charge < -0.3 is 19.1 Å². The van der Waals surface area contributed by atoms with E-state index >= 15 is 0 Å². The minimum absolute atomic E-state index is 0.677. The topological polar surface area (TPSA) is 59.6 Å². The molecular formula is C17H21N3O3. The number of morpholine rings is 1. The van der Waals surface area contributed by atoms with Crippen molar-refractivity contribution in [2.75, 3.05) is 40.5 Å². The Kier molecular flexibility index (Phi) is 4.52. The fourth-order valence-electron chi connectivity index (χ4n) is 2.72. The summed E-state index contributed by atoms with van der Waals surface area (Å²) in [5.41, 5.74) is 3.74. The van der Waals surface area contributed by atoms with Gasteiger partial charge in [-0.3, -0.25) is 5.10 Å². The third kappa shape index (κ3) is 3.03. The molecule has 23 heavy (non-hydrogen) atoms. The summed E-state index contributed by atoms with van der Waals surface area (Å²) in [5.74, 6) is 1.37. The number of hydrogen-bond donors (Lipinski definition) is 1. The molecule has 0 aliphatic carbocycles. The lowest BCUT2D eigenvalue weighted by atomic mass is 10.0. The second-order valence-corrected chi connectivity index (χ2v) is 5.26. The van der Waals surface area contributed by atoms with Crippen LogP contribution in [-0.4, -0.2) is 55.6 Å². The van der Waals surface area contributed by atoms with E-state index in [1.54, 1.807) is 14.2 Å². The Bertz CT molecular complexity index is 690. The van der Waals surface area contributed by atoms with Crippen LogP contribution in [0.4, 0.5) is 0 Å². The maximum Gasteiger partial charge on any atom is 0.161 e. The first-order valence-corrected chi connectivity index (χ1v) is 7.52. The lowest BCUT2D eigenvalue weighted by Gasteiger charge is -2.30. The Labute approximate surface area is 135 Å². The van der Waals surface area contributed by atoms with Crippen LogP contribution in [-0.2, 0) is 4.74 Å². The van der Waals surface area contributed by atoms with Crippen molar-refractivity contribution in [3.8, 4) is 22.8 Å². The molecule has 0 amide bonds. The van der Waals surface area contributed by atoms with Gasteiger partial charge in [0.05, 0.1) is 27.4 Å². The molecule has 1 saturated heterocycles. The number of hydrogen-bond acceptors (Lipinski definition) is 5. The third-order valence-electron chi connectivity index (χ3n) is 4.00. The predicted octanol–water partition coefficient (Wildman–Crippen LogP) is 2.40. The Hall–Kier alpha value is -2.47. The second-order valence-electron chi connectivity index (χ2n) is 5.26. The fourth-order valence-corrected chi connectivity index (χ4v) is 2.72. The first kappa shape index (κ1) is 15.4. The summed E-state index contributed by atoms with van der Waals surface area (Å²) in [6.07, 6.45) is 1.88. The van der Waals surface area contributed by atoms with E-state index in [-0.39, 0.29) is 0 Å². The van der Waals surface area contributed by atoms with Crippen LogP contribution in [0.15, 0.2) is 31.0 Å². The van der Waals surface area contributed by atoms with Crippen molar-refractivity contribution in [1.82, 2.24) is 15.1 Å². The minimum atomic E-state index is 0.677. The molecule has 1 aromatic carbocycles. The molecule has 1 aromatic heterocycles. The Balaban J connectivity index is 1.92. The highest BCUT2D eigenvalue weighted by Crippen LogP contribution is 2.34. The molecule has 1 N–H and O–H groups in total. The molecule has 2 heterocycles. The normalized spacial score (nSPS) is 14.6. The summed E-state index contributed by atoms with van der Waals surface area (Å²) in [6.45, 7) is 7.37. The van der Waals surface area contributed by atoms with Crippen LogP contribution in [0.1, 0.15) is 5.56 Å². The van der Waals surface area contributed by atoms with E-state index in [1.165, 1.54) is 0 Å². The van der Waals surface area contributed by atoms with E-state index in [4.69, 9.17) is 14.2 Å². The number of rotatable bonds is 5. The number of aromatic amines is 1. The SMILES string of the molecule is C=C(c1c[nH]nc1-c1ccc(OC)c(OC)c1)N1CCOCC1. The first-order chi connectivity index (χ1) is 11.2. The lowest BCUT2D eigenvalue weighted by Crippen LogP contribution is -2.34. The summed E-state index contributed by atoms with van der Waals surface area (Å²) < 4.78 is 16.1. The summed E-state index contributed by atoms with van der Waals surface area (Å²) in [6, 6.07) is 5.77. The van der Waals surface area contributed by atoms with E-state index in [1.807, 2.05) is 24.4 Å². The number of nitrogens with one attached hydrogen (secondary N) is 1. The van der Waals surface area contributed by atoms with Gasteiger partial charge in [-0.05, 0) is 18.2 Å². The van der Waals surface area contributed by atoms with Crippen molar-refractivity contribution in [3.05, 3.63) is 36.5 Å². The highest BCUT2D eigenvalue weighted by atomic mass is 16.5. The van der Waals surface area contributed by atoms with Gasteiger partial charge in [-0.25, -0.2) is 0 Å². The van der Waals surface area contributed by atoms with Gasteiger partial charge in [-0.15, -0.1) is 0 Å². The van der Waals surface area contributed by atoms with Crippen LogP contribution >= 0.6 is 0 Å². The number of nitrogens with zero attached hydrogens (tertiary/aromatic N) is 2. The zero-order valence-electron chi connectivity index (χ0n) is 13.5. The minimum Gasteiger partial charge on any atom is -0.493 e. The maximum atomic E-state index is 5.40. The number of H-pyrrole nitrogens is 1. The Morgan fingerprint density at radius 2 is 1.96 bits per heavy atom. The molecule has 0 radical (unpaired) electrons. The van der Waals surface area contributed by atoms with Gasteiger partial charge in [-0.1, -0.05) is 6.58 Å². The molecule has 1 aliphatic rings. The molecular weight excluding hydrogens is 294 g/mol. The average Bonchev–Trinajstić information content (AvgIpc) is 3.10. The molecule has 1 aliphatic heterocycles. The van der Waals surface area contributed by atoms with E-state index in [0.717, 1.165) is 48.8 Å². The van der Waals surface area contributed by atoms with Gasteiger partial charge in [0.2, 0.25) is 0 Å². The molecule has 1 fully saturated rings. The van der Waals surface area contributed by atoms with Crippen LogP contribution in [0, 0.1) is 0 Å². The van der Waals surface area contributed by atoms with Crippen LogP contribution in [0.5, 0.6) is 11.5 Å². The quantitative estimate of drug-likeness (QED) is 0.918. The molecule has 0 unspecified atom stereocenters. The average molecular weight is 315 g/mol. The molecule has 0 saturated carbocycles. The van der Waals surface area contributed by atoms with E-state index in [2.05, 4.69) is 21.7 Å². The summed E-state index contributed by atoms with van der Waals surface area (Å²) in [7, 11) is 3.25. The number of ether oxygens (including phenoxy) is 3. The van der Waals surface area contributed by atoms with E-state index < -0.39 is 0 Å². The van der Waals surface area contributed by atoms with Crippen LogP contribution < -0.4 is 9.47 Å². The van der Waals surface area contributed by atoms with Crippen molar-refractivity contribution in [2.45, 2.75) is 0 Å². The molecule has 0 atom stereocenters. The van der Waals surface area contributed by atoms with Gasteiger partial charge in [0, 0.05) is 36.1 Å². The van der Waals surface area contributed by atoms with Crippen molar-refractivity contribution < 1.29 is 14.2 Å². The maximum absolute atomic E-state index is 5.40. The molecule has 0 bridgehead atoms. The molecule has 2 aromatic rings. The van der Waals surface area contributed by atoms with E-state index in [0.29, 0.717) is 11.5 Å². The van der Waals surface area contributed by atoms with Gasteiger partial charge in [-0.2, -0.15) is 5.10 Å². The van der Waals surface area contributed by atoms with Crippen molar-refractivity contribution >= 4 is 5.70 Å². The van der Waals surface area contributed by atoms with Crippen molar-refractivity contribution in [1.29, 1.82) is 0 Å². The second kappa shape index (κ2) is 6.75. The third-order valence-corrected chi connectivity index (χ3v) is 4.00. The van der Waals surface area contributed by atoms with E-state index in [9.17, 15) is 0 Å². The van der Waals surface area contributed by atoms with Gasteiger partial charge in [0.15, 0.2) is 11.5 Å². The van der Waals surface area contributed by atoms with Gasteiger partial charge in [0.25, 0.3) is 0 Å². The molecule has 122 valence electrons. The van der Waals surface area contributed by atoms with Gasteiger partial charge in [0.1, 0.15) is 5.69 Å². The number of methoxy groups -OCH3 is 2. The smallest absolute Gasteiger partial charge is 0.161 e. The zero-order valence-corrected chi connectivity index (χ0v) is 13.5. The summed E-state index contributed by atoms with van der Waals surface area (Å²) in [5, 5.41) is 7.34. The number of benzene rings is 1. The standard InChI is InChI=1S/C17H21N3O3/c1-12(20-6-8-23-9-7-20)14-11-18-19-17(14)13-4-5-15(21-2)16(10-13)22-3/h4-5,10-11H,1,6-9H2,2-3H3,(H,18,19). The highest BCUT2D eigenvalue weighted by Gasteiger charge is 2.19. The zero-order chi connectivity index (χ0) is 16.2. The van der Waals surface area contributed by atoms with Crippen molar-refractivity contribution in [2.24, 2.45) is 0 Å². The molecule has 6 heteroatoms. The molecule has 0 spiro atoms. The molecule has 6 nitrogen and oxygen atoms in total. The highest BCUT2D eigenvalue weighted by molar-refractivity contribution is 5.78. The predicted molar refractivity (Wildman–Crippen MR) is 88.6 cm³/mol. The summed E-state index contributed by atoms with van der Waals surface area (Å²) >= 11 is 0. The fraction of sp³-hybridized carbons (Fsp3) is 0.353. The lowest BCUT2D eigenvalue weighted by molar-refractivity contribution is 0.0641. The monoisotopic (exact) mass is 315 g/mol. The first-order valence-electron chi connectivity index (χ1n) is 7.52.